The van der Waals surface area contributed by atoms with Crippen molar-refractivity contribution in [3.63, 3.8) is 0 Å². The van der Waals surface area contributed by atoms with Crippen LogP contribution in [0.25, 0.3) is 0 Å². The van der Waals surface area contributed by atoms with Gasteiger partial charge >= 0.3 is 5.97 Å². The van der Waals surface area contributed by atoms with Crippen molar-refractivity contribution in [2.45, 2.75) is 102 Å². The minimum Gasteiger partial charge on any atom is -0.455 e. The molecule has 9 atom stereocenters. The van der Waals surface area contributed by atoms with Gasteiger partial charge in [-0.25, -0.2) is 4.79 Å². The number of unbranched alkanes of at least 4 members (excludes halogenated alkanes) is 1. The molecule has 0 aromatic carbocycles. The number of allylic oxidation sites excluding steroid dienone is 8. The molecule has 36 heavy (non-hydrogen) atoms. The lowest BCUT2D eigenvalue weighted by Crippen LogP contribution is -2.55. The van der Waals surface area contributed by atoms with E-state index in [1.807, 2.05) is 18.2 Å². The molecule has 9 nitrogen and oxygen atoms in total. The van der Waals surface area contributed by atoms with Gasteiger partial charge in [0.2, 0.25) is 0 Å². The highest BCUT2D eigenvalue weighted by atomic mass is 16.6. The minimum atomic E-state index is -2.05. The summed E-state index contributed by atoms with van der Waals surface area (Å²) < 4.78 is 4.61. The molecule has 1 fully saturated rings. The average Bonchev–Trinajstić information content (AvgIpc) is 3.11. The lowest BCUT2D eigenvalue weighted by Gasteiger charge is -2.33. The van der Waals surface area contributed by atoms with Gasteiger partial charge in [-0.15, -0.1) is 0 Å². The Bertz CT molecular complexity index is 746. The van der Waals surface area contributed by atoms with Crippen molar-refractivity contribution in [2.24, 2.45) is 11.8 Å². The molecule has 0 unspecified atom stereocenters. The van der Waals surface area contributed by atoms with Crippen molar-refractivity contribution < 1.29 is 45.3 Å². The molecule has 1 saturated heterocycles. The van der Waals surface area contributed by atoms with Crippen LogP contribution in [0.5, 0.6) is 0 Å². The molecule has 7 N–H and O–H groups in total. The van der Waals surface area contributed by atoms with Crippen molar-refractivity contribution in [1.29, 1.82) is 0 Å². The number of rotatable bonds is 16. The summed E-state index contributed by atoms with van der Waals surface area (Å²) in [5, 5.41) is 70.3. The molecule has 1 aliphatic heterocycles. The number of aliphatic hydroxyl groups is 7. The summed E-state index contributed by atoms with van der Waals surface area (Å²) in [6, 6.07) is 0. The van der Waals surface area contributed by atoms with Gasteiger partial charge in [-0.05, 0) is 43.9 Å². The van der Waals surface area contributed by atoms with E-state index in [1.54, 1.807) is 13.0 Å². The second-order valence-corrected chi connectivity index (χ2v) is 9.76. The SMILES string of the molecule is CC(C)CC/C=C/C=C/CC/C=C/C=C\C[C@H](C)[C@@H](O)[C@H](O)[C@H](O)[C@@H](O)[C@@H](O)[C@H]1OC(=O)[C@H](O)[C@H]1O. The van der Waals surface area contributed by atoms with Crippen LogP contribution in [-0.4, -0.2) is 90.5 Å². The summed E-state index contributed by atoms with van der Waals surface area (Å²) in [5.41, 5.74) is 0. The molecule has 0 saturated carbocycles. The second-order valence-electron chi connectivity index (χ2n) is 9.76. The van der Waals surface area contributed by atoms with Gasteiger partial charge < -0.3 is 40.5 Å². The zero-order valence-corrected chi connectivity index (χ0v) is 21.4. The number of carbonyl (C=O) groups excluding carboxylic acids is 1. The van der Waals surface area contributed by atoms with E-state index in [1.165, 1.54) is 6.42 Å². The molecular weight excluding hydrogens is 468 g/mol. The predicted octanol–water partition coefficient (Wildman–Crippen LogP) is 0.905. The monoisotopic (exact) mass is 512 g/mol. The van der Waals surface area contributed by atoms with Crippen LogP contribution in [0.15, 0.2) is 48.6 Å². The van der Waals surface area contributed by atoms with E-state index in [0.717, 1.165) is 19.3 Å². The molecule has 9 heteroatoms. The fourth-order valence-corrected chi connectivity index (χ4v) is 3.66. The maximum absolute atomic E-state index is 11.3. The van der Waals surface area contributed by atoms with Crippen molar-refractivity contribution in [3.05, 3.63) is 48.6 Å². The Hall–Kier alpha value is -1.85. The Labute approximate surface area is 213 Å². The van der Waals surface area contributed by atoms with E-state index in [9.17, 15) is 40.5 Å². The summed E-state index contributed by atoms with van der Waals surface area (Å²) in [7, 11) is 0. The largest absolute Gasteiger partial charge is 0.455 e. The van der Waals surface area contributed by atoms with E-state index in [-0.39, 0.29) is 0 Å². The Morgan fingerprint density at radius 1 is 0.750 bits per heavy atom. The van der Waals surface area contributed by atoms with Gasteiger partial charge in [0, 0.05) is 0 Å². The maximum Gasteiger partial charge on any atom is 0.338 e. The summed E-state index contributed by atoms with van der Waals surface area (Å²) in [4.78, 5) is 11.3. The molecule has 0 radical (unpaired) electrons. The van der Waals surface area contributed by atoms with Crippen molar-refractivity contribution >= 4 is 5.97 Å². The minimum absolute atomic E-state index is 0.375. The van der Waals surface area contributed by atoms with E-state index >= 15 is 0 Å². The van der Waals surface area contributed by atoms with Gasteiger partial charge in [-0.2, -0.15) is 0 Å². The van der Waals surface area contributed by atoms with Gasteiger partial charge in [-0.3, -0.25) is 0 Å². The normalized spacial score (nSPS) is 26.3. The first kappa shape index (κ1) is 32.2. The Morgan fingerprint density at radius 2 is 1.25 bits per heavy atom. The highest BCUT2D eigenvalue weighted by molar-refractivity contribution is 5.77. The average molecular weight is 513 g/mol. The first-order valence-corrected chi connectivity index (χ1v) is 12.6. The topological polar surface area (TPSA) is 168 Å². The smallest absolute Gasteiger partial charge is 0.338 e. The van der Waals surface area contributed by atoms with Crippen molar-refractivity contribution in [2.75, 3.05) is 0 Å². The molecule has 1 aliphatic rings. The van der Waals surface area contributed by atoms with Gasteiger partial charge in [0.25, 0.3) is 0 Å². The van der Waals surface area contributed by atoms with Gasteiger partial charge in [0.05, 0.1) is 6.10 Å². The predicted molar refractivity (Wildman–Crippen MR) is 136 cm³/mol. The number of hydrogen-bond donors (Lipinski definition) is 7. The first-order chi connectivity index (χ1) is 17.0. The number of esters is 1. The molecule has 206 valence electrons. The Balaban J connectivity index is 2.38. The van der Waals surface area contributed by atoms with Crippen LogP contribution >= 0.6 is 0 Å². The van der Waals surface area contributed by atoms with E-state index in [2.05, 4.69) is 42.9 Å². The summed E-state index contributed by atoms with van der Waals surface area (Å²) >= 11 is 0. The molecule has 0 amide bonds. The van der Waals surface area contributed by atoms with Crippen LogP contribution in [0.1, 0.15) is 52.9 Å². The lowest BCUT2D eigenvalue weighted by atomic mass is 9.89. The van der Waals surface area contributed by atoms with Crippen LogP contribution in [0.2, 0.25) is 0 Å². The van der Waals surface area contributed by atoms with Crippen molar-refractivity contribution in [1.82, 2.24) is 0 Å². The van der Waals surface area contributed by atoms with Crippen LogP contribution in [-0.2, 0) is 9.53 Å². The fraction of sp³-hybridized carbons (Fsp3) is 0.667. The van der Waals surface area contributed by atoms with Crippen LogP contribution < -0.4 is 0 Å². The molecule has 0 aromatic heterocycles. The zero-order chi connectivity index (χ0) is 27.3. The first-order valence-electron chi connectivity index (χ1n) is 12.6. The summed E-state index contributed by atoms with van der Waals surface area (Å²) in [6.07, 6.45) is 5.71. The van der Waals surface area contributed by atoms with Crippen LogP contribution in [0.4, 0.5) is 0 Å². The van der Waals surface area contributed by atoms with Gasteiger partial charge in [-0.1, -0.05) is 69.4 Å². The quantitative estimate of drug-likeness (QED) is 0.0903. The van der Waals surface area contributed by atoms with Gasteiger partial charge in [0.1, 0.15) is 30.5 Å². The number of hydrogen-bond acceptors (Lipinski definition) is 9. The fourth-order valence-electron chi connectivity index (χ4n) is 3.66. The highest BCUT2D eigenvalue weighted by Gasteiger charge is 2.50. The molecule has 1 rings (SSSR count). The molecule has 0 bridgehead atoms. The van der Waals surface area contributed by atoms with Crippen LogP contribution in [0, 0.1) is 11.8 Å². The third-order valence-corrected chi connectivity index (χ3v) is 6.16. The zero-order valence-electron chi connectivity index (χ0n) is 21.4. The third kappa shape index (κ3) is 10.6. The summed E-state index contributed by atoms with van der Waals surface area (Å²) in [5.74, 6) is -0.958. The van der Waals surface area contributed by atoms with Crippen molar-refractivity contribution in [3.8, 4) is 0 Å². The highest BCUT2D eigenvalue weighted by Crippen LogP contribution is 2.24. The number of aliphatic hydroxyl groups excluding tert-OH is 7. The third-order valence-electron chi connectivity index (χ3n) is 6.16. The van der Waals surface area contributed by atoms with Gasteiger partial charge in [0.15, 0.2) is 12.2 Å². The molecule has 0 aliphatic carbocycles. The van der Waals surface area contributed by atoms with E-state index in [4.69, 9.17) is 0 Å². The molecule has 0 spiro atoms. The molecular formula is C27H44O9. The standard InChI is InChI=1S/C27H44O9/c1-17(2)15-13-11-9-7-5-4-6-8-10-12-14-16-18(3)19(28)20(29)21(30)22(31)23(32)26-24(33)25(34)27(35)36-26/h5,7-12,14,17-26,28-34H,4,6,13,15-16H2,1-3H3/b7-5+,10-8+,11-9+,14-12-/t18-,19+,20-,21-,22+,23+,24+,25+,26+/m0/s1. The number of carbonyl (C=O) groups is 1. The Morgan fingerprint density at radius 3 is 1.75 bits per heavy atom. The molecule has 0 aromatic rings. The Kier molecular flexibility index (Phi) is 15.0. The maximum atomic E-state index is 11.3. The number of ether oxygens (including phenoxy) is 1. The van der Waals surface area contributed by atoms with Crippen LogP contribution in [0.3, 0.4) is 0 Å². The lowest BCUT2D eigenvalue weighted by molar-refractivity contribution is -0.174. The van der Waals surface area contributed by atoms with E-state index < -0.39 is 60.7 Å². The number of cyclic esters (lactones) is 1. The second kappa shape index (κ2) is 16.8. The van der Waals surface area contributed by atoms with E-state index in [0.29, 0.717) is 12.3 Å². The summed E-state index contributed by atoms with van der Waals surface area (Å²) in [6.45, 7) is 6.07. The molecule has 1 heterocycles.